The van der Waals surface area contributed by atoms with Gasteiger partial charge in [-0.25, -0.2) is 4.39 Å². The van der Waals surface area contributed by atoms with Crippen LogP contribution in [-0.4, -0.2) is 20.8 Å². The smallest absolute Gasteiger partial charge is 0.385 e. The Hall–Kier alpha value is -1.14. The Balaban J connectivity index is 3.10. The number of alkyl halides is 3. The molecule has 0 spiro atoms. The lowest BCUT2D eigenvalue weighted by atomic mass is 9.90. The maximum atomic E-state index is 14.1. The average molecular weight is 293 g/mol. The molecule has 0 aliphatic heterocycles. The molecule has 0 saturated carbocycles. The van der Waals surface area contributed by atoms with Gasteiger partial charge in [-0.3, -0.25) is 0 Å². The molecule has 1 N–H and O–H groups in total. The van der Waals surface area contributed by atoms with Crippen molar-refractivity contribution in [3.63, 3.8) is 0 Å². The van der Waals surface area contributed by atoms with Crippen LogP contribution in [0, 0.1) is 11.7 Å². The third-order valence-electron chi connectivity index (χ3n) is 3.33. The van der Waals surface area contributed by atoms with Crippen LogP contribution in [0.4, 0.5) is 17.6 Å². The van der Waals surface area contributed by atoms with Crippen molar-refractivity contribution in [3.05, 3.63) is 35.1 Å². The molecule has 20 heavy (non-hydrogen) atoms. The highest BCUT2D eigenvalue weighted by molar-refractivity contribution is 5.30. The Morgan fingerprint density at radius 3 is 2.45 bits per heavy atom. The zero-order valence-electron chi connectivity index (χ0n) is 11.7. The summed E-state index contributed by atoms with van der Waals surface area (Å²) in [5, 5.41) is 2.88. The molecular formula is C14H19F4NO. The molecule has 0 heterocycles. The summed E-state index contributed by atoms with van der Waals surface area (Å²) in [7, 11) is 3.15. The van der Waals surface area contributed by atoms with Gasteiger partial charge in [-0.2, -0.15) is 13.2 Å². The molecule has 0 aromatic heterocycles. The number of hydrogen-bond donors (Lipinski definition) is 1. The van der Waals surface area contributed by atoms with E-state index in [0.29, 0.717) is 13.0 Å². The molecule has 1 aromatic carbocycles. The van der Waals surface area contributed by atoms with E-state index in [1.165, 1.54) is 12.1 Å². The molecule has 114 valence electrons. The Labute approximate surface area is 116 Å². The van der Waals surface area contributed by atoms with Crippen molar-refractivity contribution in [2.45, 2.75) is 25.6 Å². The quantitative estimate of drug-likeness (QED) is 0.806. The molecule has 0 aliphatic rings. The van der Waals surface area contributed by atoms with Crippen LogP contribution < -0.4 is 5.32 Å². The monoisotopic (exact) mass is 293 g/mol. The van der Waals surface area contributed by atoms with Crippen LogP contribution in [0.3, 0.4) is 0 Å². The zero-order valence-corrected chi connectivity index (χ0v) is 11.7. The highest BCUT2D eigenvalue weighted by atomic mass is 19.4. The highest BCUT2D eigenvalue weighted by Gasteiger charge is 2.36. The van der Waals surface area contributed by atoms with E-state index in [1.54, 1.807) is 14.2 Å². The van der Waals surface area contributed by atoms with E-state index in [-0.39, 0.29) is 11.5 Å². The van der Waals surface area contributed by atoms with E-state index in [9.17, 15) is 17.6 Å². The Morgan fingerprint density at radius 1 is 1.30 bits per heavy atom. The molecule has 1 rings (SSSR count). The minimum absolute atomic E-state index is 0.0333. The summed E-state index contributed by atoms with van der Waals surface area (Å²) in [5.74, 6) is -1.26. The summed E-state index contributed by atoms with van der Waals surface area (Å²) in [6, 6.07) is 2.88. The topological polar surface area (TPSA) is 21.3 Å². The number of ether oxygens (including phenoxy) is 1. The van der Waals surface area contributed by atoms with Gasteiger partial charge in [0.1, 0.15) is 5.82 Å². The Bertz CT molecular complexity index is 434. The lowest BCUT2D eigenvalue weighted by Gasteiger charge is -2.25. The second-order valence-electron chi connectivity index (χ2n) is 4.73. The highest BCUT2D eigenvalue weighted by Crippen LogP contribution is 2.35. The van der Waals surface area contributed by atoms with Gasteiger partial charge >= 0.3 is 6.18 Å². The molecule has 1 aromatic rings. The molecule has 2 atom stereocenters. The molecule has 2 unspecified atom stereocenters. The van der Waals surface area contributed by atoms with E-state index in [4.69, 9.17) is 4.74 Å². The Kier molecular flexibility index (Phi) is 5.95. The standard InChI is InChI=1S/C14H19F4NO/c1-9(7-8-20-3)13(19-2)10-5-4-6-11(12(10)15)14(16,17)18/h4-6,9,13,19H,7-8H2,1-3H3. The molecular weight excluding hydrogens is 274 g/mol. The van der Waals surface area contributed by atoms with Crippen molar-refractivity contribution in [3.8, 4) is 0 Å². The predicted octanol–water partition coefficient (Wildman–Crippen LogP) is 3.78. The van der Waals surface area contributed by atoms with Gasteiger partial charge in [0.2, 0.25) is 0 Å². The van der Waals surface area contributed by atoms with Crippen LogP contribution in [0.5, 0.6) is 0 Å². The third kappa shape index (κ3) is 3.93. The minimum atomic E-state index is -4.69. The number of nitrogens with one attached hydrogen (secondary N) is 1. The maximum absolute atomic E-state index is 14.1. The van der Waals surface area contributed by atoms with Crippen molar-refractivity contribution < 1.29 is 22.3 Å². The maximum Gasteiger partial charge on any atom is 0.419 e. The van der Waals surface area contributed by atoms with Crippen LogP contribution in [0.25, 0.3) is 0 Å². The third-order valence-corrected chi connectivity index (χ3v) is 3.33. The van der Waals surface area contributed by atoms with Crippen LogP contribution >= 0.6 is 0 Å². The lowest BCUT2D eigenvalue weighted by Crippen LogP contribution is -2.26. The summed E-state index contributed by atoms with van der Waals surface area (Å²) >= 11 is 0. The van der Waals surface area contributed by atoms with Crippen LogP contribution in [0.15, 0.2) is 18.2 Å². The number of rotatable bonds is 6. The van der Waals surface area contributed by atoms with Crippen molar-refractivity contribution in [2.75, 3.05) is 20.8 Å². The van der Waals surface area contributed by atoms with Crippen molar-refractivity contribution in [2.24, 2.45) is 5.92 Å². The zero-order chi connectivity index (χ0) is 15.3. The number of halogens is 4. The fourth-order valence-corrected chi connectivity index (χ4v) is 2.23. The summed E-state index contributed by atoms with van der Waals surface area (Å²) in [6.07, 6.45) is -4.06. The van der Waals surface area contributed by atoms with Crippen LogP contribution in [0.1, 0.15) is 30.5 Å². The van der Waals surface area contributed by atoms with E-state index >= 15 is 0 Å². The summed E-state index contributed by atoms with van der Waals surface area (Å²) in [5.41, 5.74) is -1.19. The minimum Gasteiger partial charge on any atom is -0.385 e. The Morgan fingerprint density at radius 2 is 1.95 bits per heavy atom. The fraction of sp³-hybridized carbons (Fsp3) is 0.571. The molecule has 0 fully saturated rings. The summed E-state index contributed by atoms with van der Waals surface area (Å²) < 4.78 is 57.2. The first-order valence-electron chi connectivity index (χ1n) is 6.34. The first-order chi connectivity index (χ1) is 9.32. The summed E-state index contributed by atoms with van der Waals surface area (Å²) in [4.78, 5) is 0. The van der Waals surface area contributed by atoms with Gasteiger partial charge in [0.15, 0.2) is 0 Å². The molecule has 0 aliphatic carbocycles. The van der Waals surface area contributed by atoms with E-state index in [2.05, 4.69) is 5.32 Å². The molecule has 0 amide bonds. The normalized spacial score (nSPS) is 15.2. The van der Waals surface area contributed by atoms with Gasteiger partial charge in [-0.1, -0.05) is 19.1 Å². The predicted molar refractivity (Wildman–Crippen MR) is 68.9 cm³/mol. The molecule has 0 saturated heterocycles. The second-order valence-corrected chi connectivity index (χ2v) is 4.73. The number of benzene rings is 1. The van der Waals surface area contributed by atoms with Crippen molar-refractivity contribution >= 4 is 0 Å². The average Bonchev–Trinajstić information content (AvgIpc) is 2.37. The first-order valence-corrected chi connectivity index (χ1v) is 6.34. The first kappa shape index (κ1) is 16.9. The number of hydrogen-bond acceptors (Lipinski definition) is 2. The van der Waals surface area contributed by atoms with Crippen molar-refractivity contribution in [1.29, 1.82) is 0 Å². The van der Waals surface area contributed by atoms with Gasteiger partial charge in [0, 0.05) is 25.3 Å². The lowest BCUT2D eigenvalue weighted by molar-refractivity contribution is -0.140. The van der Waals surface area contributed by atoms with E-state index < -0.39 is 23.6 Å². The molecule has 0 bridgehead atoms. The van der Waals surface area contributed by atoms with E-state index in [0.717, 1.165) is 6.07 Å². The van der Waals surface area contributed by atoms with Gasteiger partial charge in [0.25, 0.3) is 0 Å². The van der Waals surface area contributed by atoms with E-state index in [1.807, 2.05) is 6.92 Å². The largest absolute Gasteiger partial charge is 0.419 e. The van der Waals surface area contributed by atoms with Gasteiger partial charge in [-0.15, -0.1) is 0 Å². The SMILES string of the molecule is CNC(c1cccc(C(F)(F)F)c1F)C(C)CCOC. The molecule has 2 nitrogen and oxygen atoms in total. The van der Waals surface area contributed by atoms with Gasteiger partial charge in [-0.05, 0) is 25.5 Å². The second kappa shape index (κ2) is 7.04. The summed E-state index contributed by atoms with van der Waals surface area (Å²) in [6.45, 7) is 2.32. The molecule has 6 heteroatoms. The fourth-order valence-electron chi connectivity index (χ4n) is 2.23. The van der Waals surface area contributed by atoms with Gasteiger partial charge in [0.05, 0.1) is 5.56 Å². The van der Waals surface area contributed by atoms with Gasteiger partial charge < -0.3 is 10.1 Å². The van der Waals surface area contributed by atoms with Crippen LogP contribution in [-0.2, 0) is 10.9 Å². The molecule has 0 radical (unpaired) electrons. The van der Waals surface area contributed by atoms with Crippen molar-refractivity contribution in [1.82, 2.24) is 5.32 Å². The van der Waals surface area contributed by atoms with Crippen LogP contribution in [0.2, 0.25) is 0 Å². The number of methoxy groups -OCH3 is 1.